The maximum Gasteiger partial charge on any atom is 0.360 e. The standard InChI is InChI=1S/C13H15BrN4O2/c1-4-9-17-11(13(19)20-3)12(15)18(9)10-5-7(2)8(14)6-16-10/h5-6H,4,15H2,1-3H3. The normalized spacial score (nSPS) is 10.6. The molecule has 2 rings (SSSR count). The molecule has 0 saturated heterocycles. The van der Waals surface area contributed by atoms with Crippen molar-refractivity contribution >= 4 is 27.7 Å². The minimum absolute atomic E-state index is 0.117. The summed E-state index contributed by atoms with van der Waals surface area (Å²) in [5.74, 6) is 0.979. The Bertz CT molecular complexity index is 667. The molecular weight excluding hydrogens is 324 g/mol. The molecule has 2 heterocycles. The third-order valence-electron chi connectivity index (χ3n) is 2.94. The zero-order valence-electron chi connectivity index (χ0n) is 11.5. The molecule has 0 radical (unpaired) electrons. The number of halogens is 1. The van der Waals surface area contributed by atoms with Gasteiger partial charge in [0, 0.05) is 17.1 Å². The Hall–Kier alpha value is -1.89. The highest BCUT2D eigenvalue weighted by molar-refractivity contribution is 9.10. The first-order valence-corrected chi connectivity index (χ1v) is 6.86. The number of esters is 1. The summed E-state index contributed by atoms with van der Waals surface area (Å²) in [5.41, 5.74) is 7.16. The van der Waals surface area contributed by atoms with Crippen molar-refractivity contribution in [3.63, 3.8) is 0 Å². The molecule has 20 heavy (non-hydrogen) atoms. The van der Waals surface area contributed by atoms with Gasteiger partial charge < -0.3 is 10.5 Å². The third kappa shape index (κ3) is 2.40. The molecule has 2 aromatic rings. The molecule has 0 atom stereocenters. The molecule has 0 unspecified atom stereocenters. The van der Waals surface area contributed by atoms with Crippen LogP contribution in [-0.2, 0) is 11.2 Å². The quantitative estimate of drug-likeness (QED) is 0.868. The highest BCUT2D eigenvalue weighted by Crippen LogP contribution is 2.23. The van der Waals surface area contributed by atoms with Gasteiger partial charge in [0.2, 0.25) is 0 Å². The van der Waals surface area contributed by atoms with Crippen LogP contribution >= 0.6 is 15.9 Å². The lowest BCUT2D eigenvalue weighted by atomic mass is 10.3. The average Bonchev–Trinajstić information content (AvgIpc) is 2.78. The van der Waals surface area contributed by atoms with Crippen LogP contribution in [-0.4, -0.2) is 27.6 Å². The second-order valence-corrected chi connectivity index (χ2v) is 5.09. The monoisotopic (exact) mass is 338 g/mol. The first-order chi connectivity index (χ1) is 9.49. The van der Waals surface area contributed by atoms with E-state index in [1.54, 1.807) is 10.8 Å². The molecule has 0 aliphatic carbocycles. The van der Waals surface area contributed by atoms with Crippen molar-refractivity contribution in [2.45, 2.75) is 20.3 Å². The number of nitrogen functional groups attached to an aromatic ring is 1. The van der Waals surface area contributed by atoms with Crippen molar-refractivity contribution in [1.82, 2.24) is 14.5 Å². The summed E-state index contributed by atoms with van der Waals surface area (Å²) in [5, 5.41) is 0. The minimum atomic E-state index is -0.551. The second-order valence-electron chi connectivity index (χ2n) is 4.23. The van der Waals surface area contributed by atoms with Gasteiger partial charge in [0.1, 0.15) is 17.5 Å². The number of pyridine rings is 1. The van der Waals surface area contributed by atoms with E-state index < -0.39 is 5.97 Å². The summed E-state index contributed by atoms with van der Waals surface area (Å²) < 4.78 is 7.27. The summed E-state index contributed by atoms with van der Waals surface area (Å²) in [4.78, 5) is 20.2. The van der Waals surface area contributed by atoms with E-state index in [-0.39, 0.29) is 11.5 Å². The number of methoxy groups -OCH3 is 1. The molecule has 106 valence electrons. The van der Waals surface area contributed by atoms with Crippen LogP contribution in [0.4, 0.5) is 5.82 Å². The van der Waals surface area contributed by atoms with Crippen LogP contribution in [0.2, 0.25) is 0 Å². The van der Waals surface area contributed by atoms with Crippen LogP contribution in [0, 0.1) is 6.92 Å². The van der Waals surface area contributed by atoms with Gasteiger partial charge in [-0.05, 0) is 34.5 Å². The number of anilines is 1. The SMILES string of the molecule is CCc1nc(C(=O)OC)c(N)n1-c1cc(C)c(Br)cn1. The van der Waals surface area contributed by atoms with Crippen LogP contribution in [0.1, 0.15) is 28.8 Å². The number of nitrogens with zero attached hydrogens (tertiary/aromatic N) is 3. The number of carbonyl (C=O) groups excluding carboxylic acids is 1. The first kappa shape index (κ1) is 14.5. The van der Waals surface area contributed by atoms with Crippen LogP contribution in [0.15, 0.2) is 16.7 Å². The molecule has 7 heteroatoms. The number of imidazole rings is 1. The fourth-order valence-corrected chi connectivity index (χ4v) is 2.08. The largest absolute Gasteiger partial charge is 0.464 e. The number of nitrogens with two attached hydrogens (primary N) is 1. The zero-order valence-corrected chi connectivity index (χ0v) is 13.1. The number of ether oxygens (including phenoxy) is 1. The van der Waals surface area contributed by atoms with Gasteiger partial charge in [-0.2, -0.15) is 0 Å². The van der Waals surface area contributed by atoms with Crippen molar-refractivity contribution in [2.24, 2.45) is 0 Å². The topological polar surface area (TPSA) is 83.0 Å². The third-order valence-corrected chi connectivity index (χ3v) is 3.77. The van der Waals surface area contributed by atoms with Gasteiger partial charge in [-0.1, -0.05) is 6.92 Å². The van der Waals surface area contributed by atoms with E-state index >= 15 is 0 Å². The Morgan fingerprint density at radius 2 is 2.25 bits per heavy atom. The lowest BCUT2D eigenvalue weighted by Gasteiger charge is -2.09. The molecule has 0 saturated carbocycles. The molecule has 0 spiro atoms. The lowest BCUT2D eigenvalue weighted by Crippen LogP contribution is -2.09. The lowest BCUT2D eigenvalue weighted by molar-refractivity contribution is 0.0596. The fourth-order valence-electron chi connectivity index (χ4n) is 1.87. The molecule has 0 aromatic carbocycles. The van der Waals surface area contributed by atoms with E-state index in [1.165, 1.54) is 7.11 Å². The summed E-state index contributed by atoms with van der Waals surface area (Å²) in [6, 6.07) is 1.88. The number of aromatic nitrogens is 3. The molecule has 0 fully saturated rings. The Kier molecular flexibility index (Phi) is 4.08. The van der Waals surface area contributed by atoms with Crippen LogP contribution in [0.25, 0.3) is 5.82 Å². The molecule has 0 amide bonds. The molecular formula is C13H15BrN4O2. The molecule has 0 aliphatic rings. The first-order valence-electron chi connectivity index (χ1n) is 6.07. The van der Waals surface area contributed by atoms with Gasteiger partial charge >= 0.3 is 5.97 Å². The van der Waals surface area contributed by atoms with Gasteiger partial charge in [0.05, 0.1) is 7.11 Å². The Labute approximate surface area is 125 Å². The van der Waals surface area contributed by atoms with Crippen molar-refractivity contribution in [3.05, 3.63) is 33.8 Å². The summed E-state index contributed by atoms with van der Waals surface area (Å²) >= 11 is 3.40. The summed E-state index contributed by atoms with van der Waals surface area (Å²) in [7, 11) is 1.30. The summed E-state index contributed by atoms with van der Waals surface area (Å²) in [6.07, 6.45) is 2.32. The maximum absolute atomic E-state index is 11.7. The number of hydrogen-bond acceptors (Lipinski definition) is 5. The molecule has 0 bridgehead atoms. The predicted molar refractivity (Wildman–Crippen MR) is 78.9 cm³/mol. The highest BCUT2D eigenvalue weighted by atomic mass is 79.9. The van der Waals surface area contributed by atoms with E-state index in [0.29, 0.717) is 18.1 Å². The van der Waals surface area contributed by atoms with Gasteiger partial charge in [0.25, 0.3) is 0 Å². The van der Waals surface area contributed by atoms with Gasteiger partial charge in [0.15, 0.2) is 5.69 Å². The average molecular weight is 339 g/mol. The zero-order chi connectivity index (χ0) is 14.9. The minimum Gasteiger partial charge on any atom is -0.464 e. The smallest absolute Gasteiger partial charge is 0.360 e. The van der Waals surface area contributed by atoms with Crippen LogP contribution in [0.3, 0.4) is 0 Å². The van der Waals surface area contributed by atoms with E-state index in [9.17, 15) is 4.79 Å². The number of hydrogen-bond donors (Lipinski definition) is 1. The number of rotatable bonds is 3. The van der Waals surface area contributed by atoms with E-state index in [0.717, 1.165) is 10.0 Å². The van der Waals surface area contributed by atoms with Crippen molar-refractivity contribution in [1.29, 1.82) is 0 Å². The number of aryl methyl sites for hydroxylation is 2. The van der Waals surface area contributed by atoms with Gasteiger partial charge in [-0.3, -0.25) is 4.57 Å². The van der Waals surface area contributed by atoms with Gasteiger partial charge in [-0.25, -0.2) is 14.8 Å². The van der Waals surface area contributed by atoms with Crippen molar-refractivity contribution in [3.8, 4) is 5.82 Å². The van der Waals surface area contributed by atoms with Crippen LogP contribution < -0.4 is 5.73 Å². The van der Waals surface area contributed by atoms with E-state index in [2.05, 4.69) is 30.6 Å². The second kappa shape index (κ2) is 5.62. The highest BCUT2D eigenvalue weighted by Gasteiger charge is 2.21. The predicted octanol–water partition coefficient (Wildman–Crippen LogP) is 2.27. The Balaban J connectivity index is 2.63. The Morgan fingerprint density at radius 3 is 2.80 bits per heavy atom. The van der Waals surface area contributed by atoms with Crippen molar-refractivity contribution in [2.75, 3.05) is 12.8 Å². The fraction of sp³-hybridized carbons (Fsp3) is 0.308. The number of carbonyl (C=O) groups is 1. The van der Waals surface area contributed by atoms with Gasteiger partial charge in [-0.15, -0.1) is 0 Å². The molecule has 2 aromatic heterocycles. The van der Waals surface area contributed by atoms with E-state index in [4.69, 9.17) is 5.73 Å². The van der Waals surface area contributed by atoms with E-state index in [1.807, 2.05) is 19.9 Å². The molecule has 2 N–H and O–H groups in total. The molecule has 6 nitrogen and oxygen atoms in total. The van der Waals surface area contributed by atoms with Crippen LogP contribution in [0.5, 0.6) is 0 Å². The molecule has 0 aliphatic heterocycles. The Morgan fingerprint density at radius 1 is 1.55 bits per heavy atom. The van der Waals surface area contributed by atoms with Crippen molar-refractivity contribution < 1.29 is 9.53 Å². The summed E-state index contributed by atoms with van der Waals surface area (Å²) in [6.45, 7) is 3.89. The maximum atomic E-state index is 11.7.